The van der Waals surface area contributed by atoms with E-state index in [0.717, 1.165) is 0 Å². The highest BCUT2D eigenvalue weighted by Crippen LogP contribution is 2.30. The second-order valence-corrected chi connectivity index (χ2v) is 4.97. The summed E-state index contributed by atoms with van der Waals surface area (Å²) in [4.78, 5) is 0. The van der Waals surface area contributed by atoms with Gasteiger partial charge < -0.3 is 30.9 Å². The highest BCUT2D eigenvalue weighted by Gasteiger charge is 2.45. The van der Waals surface area contributed by atoms with E-state index in [-0.39, 0.29) is 0 Å². The lowest BCUT2D eigenvalue weighted by Gasteiger charge is -2.39. The number of aliphatic hydroxyl groups excluding tert-OH is 4. The molecular weight excluding hydrogens is 280 g/mol. The molecule has 0 saturated carbocycles. The summed E-state index contributed by atoms with van der Waals surface area (Å²) in [5.74, 6) is 0. The van der Waals surface area contributed by atoms with Gasteiger partial charge in [0.05, 0.1) is 17.8 Å². The van der Waals surface area contributed by atoms with E-state index in [2.05, 4.69) is 10.3 Å². The number of nitrogens with two attached hydrogens (primary N) is 1. The van der Waals surface area contributed by atoms with Crippen LogP contribution in [0.5, 0.6) is 0 Å². The summed E-state index contributed by atoms with van der Waals surface area (Å²) in [5.41, 5.74) is 7.16. The SMILES string of the molecule is Nc1cccc2c1nnn2[C@@H]1O[C@@H](CO)[C@@H](O)[C@@H](O)[C@H]1O. The van der Waals surface area contributed by atoms with Crippen LogP contribution in [0.15, 0.2) is 18.2 Å². The smallest absolute Gasteiger partial charge is 0.181 e. The van der Waals surface area contributed by atoms with Gasteiger partial charge in [-0.25, -0.2) is 4.68 Å². The predicted molar refractivity (Wildman–Crippen MR) is 71.0 cm³/mol. The number of anilines is 1. The molecule has 6 N–H and O–H groups in total. The lowest BCUT2D eigenvalue weighted by atomic mass is 9.98. The molecule has 1 aliphatic rings. The van der Waals surface area contributed by atoms with Crippen molar-refractivity contribution in [2.24, 2.45) is 0 Å². The van der Waals surface area contributed by atoms with Crippen molar-refractivity contribution in [3.05, 3.63) is 18.2 Å². The highest BCUT2D eigenvalue weighted by atomic mass is 16.6. The first kappa shape index (κ1) is 14.2. The third-order valence-electron chi connectivity index (χ3n) is 3.64. The van der Waals surface area contributed by atoms with Crippen molar-refractivity contribution >= 4 is 16.7 Å². The Labute approximate surface area is 119 Å². The molecule has 2 heterocycles. The van der Waals surface area contributed by atoms with Crippen LogP contribution in [0.4, 0.5) is 5.69 Å². The van der Waals surface area contributed by atoms with Crippen LogP contribution in [0.3, 0.4) is 0 Å². The highest BCUT2D eigenvalue weighted by molar-refractivity contribution is 5.86. The number of ether oxygens (including phenoxy) is 1. The molecule has 21 heavy (non-hydrogen) atoms. The Bertz CT molecular complexity index is 646. The van der Waals surface area contributed by atoms with Gasteiger partial charge in [0.25, 0.3) is 0 Å². The summed E-state index contributed by atoms with van der Waals surface area (Å²) in [7, 11) is 0. The van der Waals surface area contributed by atoms with Gasteiger partial charge >= 0.3 is 0 Å². The molecular formula is C12H16N4O5. The topological polar surface area (TPSA) is 147 Å². The number of benzene rings is 1. The number of aliphatic hydroxyl groups is 4. The van der Waals surface area contributed by atoms with E-state index < -0.39 is 37.3 Å². The van der Waals surface area contributed by atoms with Crippen LogP contribution in [-0.4, -0.2) is 66.4 Å². The quantitative estimate of drug-likeness (QED) is 0.399. The second-order valence-electron chi connectivity index (χ2n) is 4.97. The molecule has 0 unspecified atom stereocenters. The Morgan fingerprint density at radius 3 is 2.67 bits per heavy atom. The minimum absolute atomic E-state index is 0.420. The number of hydrogen-bond acceptors (Lipinski definition) is 8. The molecule has 1 fully saturated rings. The zero-order valence-electron chi connectivity index (χ0n) is 10.9. The Kier molecular flexibility index (Phi) is 3.51. The lowest BCUT2D eigenvalue weighted by molar-refractivity contribution is -0.253. The fraction of sp³-hybridized carbons (Fsp3) is 0.500. The number of aromatic nitrogens is 3. The van der Waals surface area contributed by atoms with Crippen LogP contribution in [-0.2, 0) is 4.74 Å². The van der Waals surface area contributed by atoms with Gasteiger partial charge in [0.15, 0.2) is 6.23 Å². The predicted octanol–water partition coefficient (Wildman–Crippen LogP) is -2.01. The van der Waals surface area contributed by atoms with Gasteiger partial charge in [0.1, 0.15) is 29.9 Å². The van der Waals surface area contributed by atoms with Gasteiger partial charge in [-0.2, -0.15) is 0 Å². The van der Waals surface area contributed by atoms with Gasteiger partial charge in [-0.15, -0.1) is 5.10 Å². The van der Waals surface area contributed by atoms with Gasteiger partial charge in [-0.3, -0.25) is 0 Å². The van der Waals surface area contributed by atoms with Gasteiger partial charge in [0.2, 0.25) is 0 Å². The molecule has 1 aromatic carbocycles. The molecule has 9 heteroatoms. The van der Waals surface area contributed by atoms with Crippen molar-refractivity contribution in [1.82, 2.24) is 15.0 Å². The zero-order chi connectivity index (χ0) is 15.1. The van der Waals surface area contributed by atoms with Crippen molar-refractivity contribution in [2.75, 3.05) is 12.3 Å². The fourth-order valence-corrected chi connectivity index (χ4v) is 2.46. The average Bonchev–Trinajstić information content (AvgIpc) is 2.91. The molecule has 0 aliphatic carbocycles. The Morgan fingerprint density at radius 2 is 1.95 bits per heavy atom. The van der Waals surface area contributed by atoms with E-state index in [1.165, 1.54) is 4.68 Å². The van der Waals surface area contributed by atoms with Crippen molar-refractivity contribution in [3.8, 4) is 0 Å². The number of nitrogens with zero attached hydrogens (tertiary/aromatic N) is 3. The molecule has 0 spiro atoms. The summed E-state index contributed by atoms with van der Waals surface area (Å²) in [5, 5.41) is 46.7. The normalized spacial score (nSPS) is 33.4. The molecule has 0 radical (unpaired) electrons. The summed E-state index contributed by atoms with van der Waals surface area (Å²) < 4.78 is 6.70. The number of fused-ring (bicyclic) bond motifs is 1. The minimum Gasteiger partial charge on any atom is -0.397 e. The third kappa shape index (κ3) is 2.15. The van der Waals surface area contributed by atoms with E-state index in [1.54, 1.807) is 18.2 Å². The molecule has 1 aromatic heterocycles. The number of rotatable bonds is 2. The summed E-state index contributed by atoms with van der Waals surface area (Å²) >= 11 is 0. The largest absolute Gasteiger partial charge is 0.397 e. The van der Waals surface area contributed by atoms with E-state index in [0.29, 0.717) is 16.7 Å². The van der Waals surface area contributed by atoms with E-state index in [4.69, 9.17) is 10.5 Å². The summed E-state index contributed by atoms with van der Waals surface area (Å²) in [6, 6.07) is 5.04. The van der Waals surface area contributed by atoms with Gasteiger partial charge in [-0.05, 0) is 12.1 Å². The maximum absolute atomic E-state index is 10.1. The van der Waals surface area contributed by atoms with Gasteiger partial charge in [-0.1, -0.05) is 11.3 Å². The molecule has 0 bridgehead atoms. The third-order valence-corrected chi connectivity index (χ3v) is 3.64. The first-order chi connectivity index (χ1) is 10.0. The van der Waals surface area contributed by atoms with E-state index in [1.807, 2.05) is 0 Å². The number of hydrogen-bond donors (Lipinski definition) is 5. The minimum atomic E-state index is -1.47. The molecule has 1 aliphatic heterocycles. The second kappa shape index (κ2) is 5.20. The van der Waals surface area contributed by atoms with Crippen molar-refractivity contribution in [2.45, 2.75) is 30.6 Å². The van der Waals surface area contributed by atoms with E-state index >= 15 is 0 Å². The van der Waals surface area contributed by atoms with Crippen molar-refractivity contribution in [3.63, 3.8) is 0 Å². The first-order valence-electron chi connectivity index (χ1n) is 6.44. The van der Waals surface area contributed by atoms with Crippen molar-refractivity contribution in [1.29, 1.82) is 0 Å². The van der Waals surface area contributed by atoms with Crippen LogP contribution in [0.2, 0.25) is 0 Å². The van der Waals surface area contributed by atoms with Crippen molar-refractivity contribution < 1.29 is 25.2 Å². The molecule has 1 saturated heterocycles. The molecule has 5 atom stereocenters. The fourth-order valence-electron chi connectivity index (χ4n) is 2.46. The number of nitrogen functional groups attached to an aromatic ring is 1. The molecule has 2 aromatic rings. The maximum atomic E-state index is 10.1. The van der Waals surface area contributed by atoms with Crippen LogP contribution in [0.1, 0.15) is 6.23 Å². The zero-order valence-corrected chi connectivity index (χ0v) is 10.9. The molecule has 114 valence electrons. The van der Waals surface area contributed by atoms with Gasteiger partial charge in [0, 0.05) is 0 Å². The lowest BCUT2D eigenvalue weighted by Crippen LogP contribution is -2.56. The standard InChI is InChI=1S/C12H16N4O5/c13-5-2-1-3-6-8(5)14-15-16(6)12-11(20)10(19)9(18)7(4-17)21-12/h1-3,7,9-12,17-20H,4,13H2/t7-,9+,10+,11+,12+/m0/s1. The monoisotopic (exact) mass is 296 g/mol. The van der Waals surface area contributed by atoms with Crippen LogP contribution < -0.4 is 5.73 Å². The van der Waals surface area contributed by atoms with E-state index in [9.17, 15) is 20.4 Å². The van der Waals surface area contributed by atoms with Crippen LogP contribution in [0.25, 0.3) is 11.0 Å². The van der Waals surface area contributed by atoms with Crippen LogP contribution in [0, 0.1) is 0 Å². The molecule has 3 rings (SSSR count). The maximum Gasteiger partial charge on any atom is 0.181 e. The Hall–Kier alpha value is -1.78. The average molecular weight is 296 g/mol. The Balaban J connectivity index is 2.03. The molecule has 9 nitrogen and oxygen atoms in total. The summed E-state index contributed by atoms with van der Waals surface area (Å²) in [6.07, 6.45) is -6.41. The van der Waals surface area contributed by atoms with Crippen LogP contribution >= 0.6 is 0 Å². The Morgan fingerprint density at radius 1 is 1.19 bits per heavy atom. The first-order valence-corrected chi connectivity index (χ1v) is 6.44. The molecule has 0 amide bonds. The summed E-state index contributed by atoms with van der Waals surface area (Å²) in [6.45, 7) is -0.504.